The molecule has 3 rings (SSSR count). The van der Waals surface area contributed by atoms with Gasteiger partial charge in [0.1, 0.15) is 5.82 Å². The molecule has 0 heterocycles. The van der Waals surface area contributed by atoms with Gasteiger partial charge in [-0.25, -0.2) is 4.39 Å². The van der Waals surface area contributed by atoms with Crippen LogP contribution in [-0.4, -0.2) is 13.7 Å². The zero-order valence-electron chi connectivity index (χ0n) is 16.8. The van der Waals surface area contributed by atoms with Gasteiger partial charge in [0, 0.05) is 19.3 Å². The zero-order valence-corrected chi connectivity index (χ0v) is 16.8. The van der Waals surface area contributed by atoms with Crippen molar-refractivity contribution < 1.29 is 9.13 Å². The molecule has 0 aliphatic heterocycles. The van der Waals surface area contributed by atoms with Crippen LogP contribution in [0.4, 0.5) is 4.39 Å². The van der Waals surface area contributed by atoms with Crippen molar-refractivity contribution in [1.29, 1.82) is 0 Å². The van der Waals surface area contributed by atoms with E-state index in [1.54, 1.807) is 13.2 Å². The lowest BCUT2D eigenvalue weighted by Crippen LogP contribution is -2.13. The van der Waals surface area contributed by atoms with Crippen molar-refractivity contribution in [2.45, 2.75) is 64.2 Å². The lowest BCUT2D eigenvalue weighted by molar-refractivity contribution is 0.180. The molecule has 2 aromatic rings. The van der Waals surface area contributed by atoms with Crippen molar-refractivity contribution >= 4 is 0 Å². The Bertz CT molecular complexity index is 699. The second kappa shape index (κ2) is 10.0. The number of hydrogen-bond donors (Lipinski definition) is 0. The Hall–Kier alpha value is -1.67. The molecule has 0 N–H and O–H groups in total. The summed E-state index contributed by atoms with van der Waals surface area (Å²) >= 11 is 0. The summed E-state index contributed by atoms with van der Waals surface area (Å²) in [5, 5.41) is 0. The molecule has 0 atom stereocenters. The van der Waals surface area contributed by atoms with Crippen LogP contribution in [0.1, 0.15) is 68.9 Å². The molecule has 1 saturated carbocycles. The highest BCUT2D eigenvalue weighted by molar-refractivity contribution is 5.65. The molecule has 0 aromatic heterocycles. The normalized spacial score (nSPS) is 20.0. The minimum absolute atomic E-state index is 0.106. The average Bonchev–Trinajstić information content (AvgIpc) is 2.69. The Morgan fingerprint density at radius 2 is 1.74 bits per heavy atom. The van der Waals surface area contributed by atoms with Crippen molar-refractivity contribution in [3.8, 4) is 11.1 Å². The number of aryl methyl sites for hydroxylation is 1. The van der Waals surface area contributed by atoms with Gasteiger partial charge >= 0.3 is 0 Å². The van der Waals surface area contributed by atoms with E-state index in [1.807, 2.05) is 6.07 Å². The van der Waals surface area contributed by atoms with Gasteiger partial charge < -0.3 is 4.74 Å². The molecule has 1 fully saturated rings. The van der Waals surface area contributed by atoms with Gasteiger partial charge in [0.15, 0.2) is 0 Å². The van der Waals surface area contributed by atoms with Crippen molar-refractivity contribution in [1.82, 2.24) is 0 Å². The Labute approximate surface area is 164 Å². The van der Waals surface area contributed by atoms with Crippen LogP contribution >= 0.6 is 0 Å². The molecular formula is C25H33FO. The average molecular weight is 369 g/mol. The molecule has 2 heteroatoms. The van der Waals surface area contributed by atoms with Crippen LogP contribution in [0.5, 0.6) is 0 Å². The standard InChI is InChI=1S/C25H33FO/c1-3-5-20-9-16-24(25(26)18-20)23-14-12-22(13-15-23)21-10-7-19(8-11-21)6-4-17-27-2/h9,12-16,18-19,21H,3-8,10-11,17H2,1-2H3. The highest BCUT2D eigenvalue weighted by Crippen LogP contribution is 2.38. The first-order valence-electron chi connectivity index (χ1n) is 10.6. The lowest BCUT2D eigenvalue weighted by Gasteiger charge is -2.29. The maximum atomic E-state index is 14.5. The summed E-state index contributed by atoms with van der Waals surface area (Å²) < 4.78 is 19.6. The summed E-state index contributed by atoms with van der Waals surface area (Å²) in [4.78, 5) is 0. The van der Waals surface area contributed by atoms with Gasteiger partial charge in [-0.3, -0.25) is 0 Å². The molecule has 1 nitrogen and oxygen atoms in total. The van der Waals surface area contributed by atoms with Gasteiger partial charge in [-0.2, -0.15) is 0 Å². The number of hydrogen-bond acceptors (Lipinski definition) is 1. The van der Waals surface area contributed by atoms with Crippen LogP contribution < -0.4 is 0 Å². The van der Waals surface area contributed by atoms with E-state index in [-0.39, 0.29) is 5.82 Å². The van der Waals surface area contributed by atoms with Gasteiger partial charge in [-0.1, -0.05) is 49.7 Å². The third-order valence-corrected chi connectivity index (χ3v) is 6.07. The SMILES string of the molecule is CCCc1ccc(-c2ccc(C3CCC(CCCOC)CC3)cc2)c(F)c1. The number of methoxy groups -OCH3 is 1. The summed E-state index contributed by atoms with van der Waals surface area (Å²) in [5.41, 5.74) is 4.19. The third-order valence-electron chi connectivity index (χ3n) is 6.07. The first-order chi connectivity index (χ1) is 13.2. The van der Waals surface area contributed by atoms with Crippen LogP contribution in [0, 0.1) is 11.7 Å². The molecule has 1 aliphatic carbocycles. The van der Waals surface area contributed by atoms with Gasteiger partial charge in [0.25, 0.3) is 0 Å². The predicted molar refractivity (Wildman–Crippen MR) is 112 cm³/mol. The fourth-order valence-electron chi connectivity index (χ4n) is 4.47. The first kappa shape index (κ1) is 20.1. The van der Waals surface area contributed by atoms with Gasteiger partial charge in [0.2, 0.25) is 0 Å². The van der Waals surface area contributed by atoms with E-state index < -0.39 is 0 Å². The fourth-order valence-corrected chi connectivity index (χ4v) is 4.47. The molecule has 0 amide bonds. The quantitative estimate of drug-likeness (QED) is 0.450. The Kier molecular flexibility index (Phi) is 7.46. The van der Waals surface area contributed by atoms with Crippen molar-refractivity contribution in [2.75, 3.05) is 13.7 Å². The van der Waals surface area contributed by atoms with Crippen LogP contribution in [0.2, 0.25) is 0 Å². The smallest absolute Gasteiger partial charge is 0.131 e. The molecule has 1 aliphatic rings. The molecule has 0 bridgehead atoms. The molecule has 0 unspecified atom stereocenters. The second-order valence-electron chi connectivity index (χ2n) is 8.04. The Morgan fingerprint density at radius 1 is 1.00 bits per heavy atom. The van der Waals surface area contributed by atoms with E-state index >= 15 is 0 Å². The molecule has 146 valence electrons. The predicted octanol–water partition coefficient (Wildman–Crippen LogP) is 7.15. The molecule has 0 saturated heterocycles. The fraction of sp³-hybridized carbons (Fsp3) is 0.520. The summed E-state index contributed by atoms with van der Waals surface area (Å²) in [6.07, 6.45) is 9.66. The topological polar surface area (TPSA) is 9.23 Å². The molecular weight excluding hydrogens is 335 g/mol. The summed E-state index contributed by atoms with van der Waals surface area (Å²) in [5.74, 6) is 1.42. The molecule has 2 aromatic carbocycles. The largest absolute Gasteiger partial charge is 0.385 e. The zero-order chi connectivity index (χ0) is 19.1. The van der Waals surface area contributed by atoms with E-state index in [9.17, 15) is 4.39 Å². The van der Waals surface area contributed by atoms with Crippen LogP contribution in [0.15, 0.2) is 42.5 Å². The van der Waals surface area contributed by atoms with E-state index in [4.69, 9.17) is 4.74 Å². The Morgan fingerprint density at radius 3 is 2.37 bits per heavy atom. The maximum absolute atomic E-state index is 14.5. The minimum atomic E-state index is -0.106. The number of ether oxygens (including phenoxy) is 1. The Balaban J connectivity index is 1.60. The van der Waals surface area contributed by atoms with Crippen LogP contribution in [0.25, 0.3) is 11.1 Å². The highest BCUT2D eigenvalue weighted by Gasteiger charge is 2.22. The summed E-state index contributed by atoms with van der Waals surface area (Å²) in [6.45, 7) is 3.01. The van der Waals surface area contributed by atoms with E-state index in [2.05, 4.69) is 37.3 Å². The first-order valence-corrected chi connectivity index (χ1v) is 10.6. The van der Waals surface area contributed by atoms with Crippen molar-refractivity contribution in [2.24, 2.45) is 5.92 Å². The second-order valence-corrected chi connectivity index (χ2v) is 8.04. The van der Waals surface area contributed by atoms with Crippen LogP contribution in [0.3, 0.4) is 0 Å². The molecule has 0 spiro atoms. The number of halogens is 1. The number of rotatable bonds is 8. The van der Waals surface area contributed by atoms with E-state index in [1.165, 1.54) is 44.1 Å². The highest BCUT2D eigenvalue weighted by atomic mass is 19.1. The van der Waals surface area contributed by atoms with Crippen LogP contribution in [-0.2, 0) is 11.2 Å². The molecule has 27 heavy (non-hydrogen) atoms. The molecule has 0 radical (unpaired) electrons. The van der Waals surface area contributed by atoms with Gasteiger partial charge in [-0.15, -0.1) is 0 Å². The van der Waals surface area contributed by atoms with E-state index in [0.29, 0.717) is 11.5 Å². The van der Waals surface area contributed by atoms with Crippen molar-refractivity contribution in [3.05, 3.63) is 59.4 Å². The van der Waals surface area contributed by atoms with Gasteiger partial charge in [0.05, 0.1) is 0 Å². The summed E-state index contributed by atoms with van der Waals surface area (Å²) in [7, 11) is 1.78. The van der Waals surface area contributed by atoms with E-state index in [0.717, 1.165) is 36.5 Å². The lowest BCUT2D eigenvalue weighted by atomic mass is 9.77. The van der Waals surface area contributed by atoms with Crippen molar-refractivity contribution in [3.63, 3.8) is 0 Å². The number of benzene rings is 2. The third kappa shape index (κ3) is 5.42. The minimum Gasteiger partial charge on any atom is -0.385 e. The summed E-state index contributed by atoms with van der Waals surface area (Å²) in [6, 6.07) is 14.3. The maximum Gasteiger partial charge on any atom is 0.131 e. The monoisotopic (exact) mass is 368 g/mol. The van der Waals surface area contributed by atoms with Gasteiger partial charge in [-0.05, 0) is 79.5 Å².